The minimum atomic E-state index is -4.35. The summed E-state index contributed by atoms with van der Waals surface area (Å²) in [5.41, 5.74) is 0. The summed E-state index contributed by atoms with van der Waals surface area (Å²) in [7, 11) is -4.35. The predicted molar refractivity (Wildman–Crippen MR) is 33.5 cm³/mol. The van der Waals surface area contributed by atoms with Crippen LogP contribution in [0.15, 0.2) is 0 Å². The monoisotopic (exact) mass is 199 g/mol. The van der Waals surface area contributed by atoms with E-state index in [1.54, 1.807) is 0 Å². The summed E-state index contributed by atoms with van der Waals surface area (Å²) in [5.74, 6) is 0. The highest BCUT2D eigenvalue weighted by Crippen LogP contribution is 2.50. The van der Waals surface area contributed by atoms with Crippen molar-refractivity contribution in [1.29, 1.82) is 5.26 Å². The lowest BCUT2D eigenvalue weighted by Crippen LogP contribution is -1.99. The molecule has 0 saturated heterocycles. The lowest BCUT2D eigenvalue weighted by atomic mass is 11.5. The highest BCUT2D eigenvalue weighted by atomic mass is 32.1. The van der Waals surface area contributed by atoms with Crippen LogP contribution < -0.4 is 0 Å². The highest BCUT2D eigenvalue weighted by Gasteiger charge is 2.32. The number of rotatable bonds is 3. The number of thiol groups is 1. The van der Waals surface area contributed by atoms with Crippen LogP contribution in [0.2, 0.25) is 0 Å². The van der Waals surface area contributed by atoms with Crippen LogP contribution in [0.1, 0.15) is 0 Å². The van der Waals surface area contributed by atoms with E-state index in [-0.39, 0.29) is 0 Å². The van der Waals surface area contributed by atoms with Crippen molar-refractivity contribution in [2.24, 2.45) is 0 Å². The minimum absolute atomic E-state index is 0.939. The Hall–Kier alpha value is -0.900. The zero-order valence-electron chi connectivity index (χ0n) is 4.83. The average Bonchev–Trinajstić information content (AvgIpc) is 1.87. The van der Waals surface area contributed by atoms with E-state index in [0.717, 1.165) is 6.26 Å². The Morgan fingerprint density at radius 1 is 1.73 bits per heavy atom. The summed E-state index contributed by atoms with van der Waals surface area (Å²) in [5, 5.41) is 15.7. The minimum Gasteiger partial charge on any atom is -0.449 e. The van der Waals surface area contributed by atoms with E-state index in [0.29, 0.717) is 0 Å². The number of phosphoric acid groups is 1. The van der Waals surface area contributed by atoms with Gasteiger partial charge in [-0.1, -0.05) is 0 Å². The van der Waals surface area contributed by atoms with E-state index in [1.807, 2.05) is 0 Å². The summed E-state index contributed by atoms with van der Waals surface area (Å²) in [6, 6.07) is 0. The molecule has 0 heterocycles. The van der Waals surface area contributed by atoms with Crippen molar-refractivity contribution in [3.05, 3.63) is 0 Å². The summed E-state index contributed by atoms with van der Waals surface area (Å²) < 4.78 is 21.5. The summed E-state index contributed by atoms with van der Waals surface area (Å²) in [6.07, 6.45) is -0.952. The van der Waals surface area contributed by atoms with Crippen molar-refractivity contribution in [3.63, 3.8) is 0 Å². The van der Waals surface area contributed by atoms with E-state index >= 15 is 0 Å². The lowest BCUT2D eigenvalue weighted by Gasteiger charge is -2.05. The van der Waals surface area contributed by atoms with Gasteiger partial charge in [0, 0.05) is 0 Å². The van der Waals surface area contributed by atoms with Crippen molar-refractivity contribution in [2.45, 2.75) is 0 Å². The number of carboxylic acid groups (broad SMARTS) is 1. The second-order valence-electron chi connectivity index (χ2n) is 1.07. The van der Waals surface area contributed by atoms with Gasteiger partial charge in [0.2, 0.25) is 0 Å². The molecule has 1 atom stereocenters. The van der Waals surface area contributed by atoms with Crippen LogP contribution in [0.5, 0.6) is 0 Å². The molecule has 62 valence electrons. The average molecular weight is 199 g/mol. The quantitative estimate of drug-likeness (QED) is 0.304. The van der Waals surface area contributed by atoms with Crippen molar-refractivity contribution < 1.29 is 27.5 Å². The Bertz CT molecular complexity index is 233. The normalized spacial score (nSPS) is 14.2. The third-order valence-corrected chi connectivity index (χ3v) is 1.93. The molecule has 0 amide bonds. The molecule has 0 spiro atoms. The Morgan fingerprint density at radius 2 is 2.27 bits per heavy atom. The first-order valence-corrected chi connectivity index (χ1v) is 3.80. The second kappa shape index (κ2) is 4.08. The molecule has 0 aliphatic carbocycles. The molecule has 0 aromatic rings. The maximum Gasteiger partial charge on any atom is 0.613 e. The van der Waals surface area contributed by atoms with Gasteiger partial charge >= 0.3 is 14.0 Å². The zero-order valence-corrected chi connectivity index (χ0v) is 6.62. The van der Waals surface area contributed by atoms with Crippen molar-refractivity contribution >= 4 is 26.9 Å². The Morgan fingerprint density at radius 3 is 2.55 bits per heavy atom. The first-order valence-electron chi connectivity index (χ1n) is 1.97. The molecule has 0 radical (unpaired) electrons. The molecule has 0 aromatic carbocycles. The van der Waals surface area contributed by atoms with Gasteiger partial charge in [-0.3, -0.25) is 0 Å². The van der Waals surface area contributed by atoms with Gasteiger partial charge in [-0.2, -0.15) is 3.97 Å². The Labute approximate surface area is 66.7 Å². The SMILES string of the molecule is N#COP(=O)(OS)OC(=O)O. The van der Waals surface area contributed by atoms with Crippen LogP contribution in [-0.4, -0.2) is 11.3 Å². The molecule has 0 aliphatic rings. The fraction of sp³-hybridized carbons (Fsp3) is 0. The molecule has 0 fully saturated rings. The van der Waals surface area contributed by atoms with E-state index in [9.17, 15) is 9.36 Å². The molecule has 0 rings (SSSR count). The van der Waals surface area contributed by atoms with E-state index < -0.39 is 14.0 Å². The molecule has 7 nitrogen and oxygen atoms in total. The van der Waals surface area contributed by atoms with Gasteiger partial charge in [-0.05, 0) is 12.9 Å². The molecule has 0 aliphatic heterocycles. The van der Waals surface area contributed by atoms with Gasteiger partial charge in [0.15, 0.2) is 0 Å². The van der Waals surface area contributed by atoms with E-state index in [1.165, 1.54) is 0 Å². The zero-order chi connectivity index (χ0) is 8.91. The highest BCUT2D eigenvalue weighted by molar-refractivity contribution is 7.80. The summed E-state index contributed by atoms with van der Waals surface area (Å²) in [4.78, 5) is 9.75. The lowest BCUT2D eigenvalue weighted by molar-refractivity contribution is 0.129. The molecular weight excluding hydrogens is 197 g/mol. The predicted octanol–water partition coefficient (Wildman–Crippen LogP) is 1.15. The van der Waals surface area contributed by atoms with Gasteiger partial charge in [-0.15, -0.1) is 5.26 Å². The number of nitrogens with zero attached hydrogens (tertiary/aromatic N) is 1. The summed E-state index contributed by atoms with van der Waals surface area (Å²) in [6.45, 7) is 0. The maximum atomic E-state index is 10.6. The number of carbonyl (C=O) groups is 1. The van der Waals surface area contributed by atoms with Gasteiger partial charge in [0.25, 0.3) is 6.26 Å². The summed E-state index contributed by atoms with van der Waals surface area (Å²) >= 11 is 2.98. The van der Waals surface area contributed by atoms with Crippen molar-refractivity contribution in [3.8, 4) is 6.26 Å². The van der Waals surface area contributed by atoms with Crippen molar-refractivity contribution in [2.75, 3.05) is 0 Å². The number of hydrogen-bond donors (Lipinski definition) is 2. The van der Waals surface area contributed by atoms with Crippen LogP contribution in [0.4, 0.5) is 4.79 Å². The van der Waals surface area contributed by atoms with Crippen LogP contribution >= 0.6 is 20.7 Å². The number of nitriles is 1. The topological polar surface area (TPSA) is 106 Å². The van der Waals surface area contributed by atoms with Gasteiger partial charge < -0.3 is 14.2 Å². The fourth-order valence-corrected chi connectivity index (χ4v) is 0.793. The molecule has 1 unspecified atom stereocenters. The van der Waals surface area contributed by atoms with Gasteiger partial charge in [-0.25, -0.2) is 9.36 Å². The molecule has 0 saturated carbocycles. The van der Waals surface area contributed by atoms with Crippen LogP contribution in [-0.2, 0) is 17.6 Å². The fourth-order valence-electron chi connectivity index (χ4n) is 0.198. The van der Waals surface area contributed by atoms with Crippen LogP contribution in [0, 0.1) is 11.5 Å². The van der Waals surface area contributed by atoms with E-state index in [4.69, 9.17) is 10.4 Å². The first kappa shape index (κ1) is 10.1. The third kappa shape index (κ3) is 3.72. The molecule has 1 N–H and O–H groups in total. The molecular formula is C2H2NO6PS. The Kier molecular flexibility index (Phi) is 3.74. The molecule has 9 heteroatoms. The number of hydrogen-bond acceptors (Lipinski definition) is 7. The van der Waals surface area contributed by atoms with Gasteiger partial charge in [0.1, 0.15) is 0 Å². The largest absolute Gasteiger partial charge is 0.613 e. The molecule has 0 aromatic heterocycles. The first-order chi connectivity index (χ1) is 5.04. The van der Waals surface area contributed by atoms with Gasteiger partial charge in [0.05, 0.1) is 0 Å². The number of phosphoric ester groups is 1. The molecule has 0 bridgehead atoms. The molecule has 11 heavy (non-hydrogen) atoms. The Balaban J connectivity index is 4.25. The van der Waals surface area contributed by atoms with Crippen LogP contribution in [0.25, 0.3) is 0 Å². The van der Waals surface area contributed by atoms with Crippen LogP contribution in [0.3, 0.4) is 0 Å². The van der Waals surface area contributed by atoms with Crippen molar-refractivity contribution in [1.82, 2.24) is 0 Å². The second-order valence-corrected chi connectivity index (χ2v) is 2.98. The maximum absolute atomic E-state index is 10.6. The standard InChI is InChI=1S/C2H2NO6PS/c3-1-7-10(6,9-11)8-2(4)5/h11H,(H,4,5). The third-order valence-electron chi connectivity index (χ3n) is 0.443. The van der Waals surface area contributed by atoms with E-state index in [2.05, 4.69) is 25.9 Å². The smallest absolute Gasteiger partial charge is 0.449 e.